The van der Waals surface area contributed by atoms with Crippen LogP contribution < -0.4 is 0 Å². The van der Waals surface area contributed by atoms with E-state index in [1.807, 2.05) is 0 Å². The van der Waals surface area contributed by atoms with E-state index in [0.717, 1.165) is 23.9 Å². The van der Waals surface area contributed by atoms with Crippen LogP contribution in [0, 0.1) is 11.7 Å². The first-order valence-electron chi connectivity index (χ1n) is 10.5. The highest BCUT2D eigenvalue weighted by molar-refractivity contribution is 6.91. The molecule has 0 aromatic carbocycles. The van der Waals surface area contributed by atoms with Crippen LogP contribution in [0.2, 0.25) is 17.5 Å². The molecule has 0 nitrogen and oxygen atoms in total. The van der Waals surface area contributed by atoms with Crippen molar-refractivity contribution in [1.82, 2.24) is 0 Å². The van der Waals surface area contributed by atoms with E-state index in [9.17, 15) is 0 Å². The summed E-state index contributed by atoms with van der Waals surface area (Å²) in [4.78, 5) is 0. The van der Waals surface area contributed by atoms with Crippen molar-refractivity contribution in [2.24, 2.45) is 0 Å². The highest BCUT2D eigenvalue weighted by Gasteiger charge is 2.45. The zero-order chi connectivity index (χ0) is 15.3. The molecule has 0 spiro atoms. The molecule has 0 unspecified atom stereocenters. The first-order chi connectivity index (χ1) is 10.9. The van der Waals surface area contributed by atoms with Gasteiger partial charge < -0.3 is 5.82 Å². The molecule has 0 atom stereocenters. The fraction of sp³-hybridized carbons (Fsp3) is 0.905. The van der Waals surface area contributed by atoms with Crippen molar-refractivity contribution in [3.63, 3.8) is 0 Å². The molecule has 0 bridgehead atoms. The molecule has 0 aromatic rings. The van der Waals surface area contributed by atoms with Gasteiger partial charge in [0.05, 0.1) is 6.15 Å². The van der Waals surface area contributed by atoms with E-state index >= 15 is 0 Å². The minimum Gasteiger partial charge on any atom is -0.314 e. The Morgan fingerprint density at radius 3 is 1.50 bits per heavy atom. The first-order valence-corrected chi connectivity index (χ1v) is 10.5. The third kappa shape index (κ3) is 3.27. The second kappa shape index (κ2) is 7.94. The van der Waals surface area contributed by atoms with Gasteiger partial charge in [-0.15, -0.1) is 0 Å². The average Bonchev–Trinajstić information content (AvgIpc) is 3.29. The second-order valence-electron chi connectivity index (χ2n) is 8.64. The molecule has 3 fully saturated rings. The highest BCUT2D eigenvalue weighted by Crippen LogP contribution is 2.58. The van der Waals surface area contributed by atoms with Gasteiger partial charge in [0.15, 0.2) is 0 Å². The van der Waals surface area contributed by atoms with Gasteiger partial charge in [-0.25, -0.2) is 0 Å². The van der Waals surface area contributed by atoms with E-state index < -0.39 is 6.15 Å². The number of unbranched alkanes of at least 4 members (excludes halogenated alkanes) is 2. The van der Waals surface area contributed by atoms with Gasteiger partial charge in [-0.1, -0.05) is 90.4 Å². The summed E-state index contributed by atoms with van der Waals surface area (Å²) < 4.78 is 0. The van der Waals surface area contributed by atoms with Gasteiger partial charge >= 0.3 is 0 Å². The topological polar surface area (TPSA) is 0 Å². The lowest BCUT2D eigenvalue weighted by Crippen LogP contribution is -2.46. The molecule has 0 radical (unpaired) electrons. The Balaban J connectivity index is 1.89. The molecule has 124 valence electrons. The molecule has 0 saturated heterocycles. The Morgan fingerprint density at radius 1 is 0.727 bits per heavy atom. The lowest BCUT2D eigenvalue weighted by Gasteiger charge is -2.51. The summed E-state index contributed by atoms with van der Waals surface area (Å²) in [6, 6.07) is 0. The average molecular weight is 299 g/mol. The van der Waals surface area contributed by atoms with Crippen LogP contribution in [0.25, 0.3) is 0 Å². The minimum atomic E-state index is -0.398. The summed E-state index contributed by atoms with van der Waals surface area (Å²) in [7, 11) is 0. The summed E-state index contributed by atoms with van der Waals surface area (Å²) >= 11 is 0. The molecule has 0 heterocycles. The van der Waals surface area contributed by atoms with Crippen LogP contribution in [0.5, 0.6) is 0 Å². The molecule has 0 aromatic heterocycles. The van der Waals surface area contributed by atoms with Crippen molar-refractivity contribution >= 4 is 6.15 Å². The summed E-state index contributed by atoms with van der Waals surface area (Å²) in [5.41, 5.74) is 0. The standard InChI is InChI=1S/C21H36B/c1-2-3-4-11-18-22(19-12-5-6-13-19,20-14-7-8-15-20)21-16-9-10-17-21/h19-21H,2-10,12-17H2,1H3/q-1. The molecule has 0 N–H and O–H groups in total. The summed E-state index contributed by atoms with van der Waals surface area (Å²) in [5.74, 6) is 10.8. The number of hydrogen-bond acceptors (Lipinski definition) is 0. The maximum absolute atomic E-state index is 4.11. The van der Waals surface area contributed by atoms with Crippen molar-refractivity contribution in [2.75, 3.05) is 0 Å². The van der Waals surface area contributed by atoms with E-state index in [0.29, 0.717) is 0 Å². The predicted molar refractivity (Wildman–Crippen MR) is 99.7 cm³/mol. The quantitative estimate of drug-likeness (QED) is 0.291. The summed E-state index contributed by atoms with van der Waals surface area (Å²) in [5, 5.41) is 0. The van der Waals surface area contributed by atoms with E-state index in [1.165, 1.54) is 89.9 Å². The van der Waals surface area contributed by atoms with Gasteiger partial charge in [0, 0.05) is 6.42 Å². The molecule has 3 saturated carbocycles. The molecular formula is C21H36B-. The van der Waals surface area contributed by atoms with Crippen molar-refractivity contribution in [3.05, 3.63) is 0 Å². The fourth-order valence-corrected chi connectivity index (χ4v) is 6.55. The smallest absolute Gasteiger partial charge is 0.0796 e. The van der Waals surface area contributed by atoms with Crippen LogP contribution >= 0.6 is 0 Å². The summed E-state index contributed by atoms with van der Waals surface area (Å²) in [6.07, 6.45) is 21.4. The van der Waals surface area contributed by atoms with Gasteiger partial charge in [0.25, 0.3) is 0 Å². The third-order valence-electron chi connectivity index (χ3n) is 7.55. The Morgan fingerprint density at radius 2 is 1.14 bits per heavy atom. The van der Waals surface area contributed by atoms with Gasteiger partial charge in [-0.3, -0.25) is 0 Å². The van der Waals surface area contributed by atoms with E-state index in [1.54, 1.807) is 0 Å². The molecule has 3 aliphatic rings. The number of hydrogen-bond donors (Lipinski definition) is 0. The van der Waals surface area contributed by atoms with E-state index in [2.05, 4.69) is 18.7 Å². The SMILES string of the molecule is CCCCC#C[B-](C1CCCC1)(C1CCCC1)C1CCCC1. The Bertz CT molecular complexity index is 343. The van der Waals surface area contributed by atoms with Crippen LogP contribution in [-0.2, 0) is 0 Å². The normalized spacial score (nSPS) is 24.8. The second-order valence-corrected chi connectivity index (χ2v) is 8.64. The van der Waals surface area contributed by atoms with Crippen LogP contribution in [0.4, 0.5) is 0 Å². The summed E-state index contributed by atoms with van der Waals surface area (Å²) in [6.45, 7) is 2.30. The van der Waals surface area contributed by atoms with Gasteiger partial charge in [0.1, 0.15) is 0 Å². The largest absolute Gasteiger partial charge is 0.314 e. The van der Waals surface area contributed by atoms with E-state index in [4.69, 9.17) is 0 Å². The van der Waals surface area contributed by atoms with Crippen LogP contribution in [0.1, 0.15) is 103 Å². The zero-order valence-corrected chi connectivity index (χ0v) is 14.9. The lowest BCUT2D eigenvalue weighted by atomic mass is 9.08. The molecule has 22 heavy (non-hydrogen) atoms. The van der Waals surface area contributed by atoms with Crippen LogP contribution in [0.3, 0.4) is 0 Å². The molecule has 3 aliphatic carbocycles. The molecule has 0 aliphatic heterocycles. The van der Waals surface area contributed by atoms with Gasteiger partial charge in [0.2, 0.25) is 0 Å². The Kier molecular flexibility index (Phi) is 5.95. The Hall–Kier alpha value is -0.375. The molecule has 1 heteroatoms. The van der Waals surface area contributed by atoms with Crippen LogP contribution in [-0.4, -0.2) is 6.15 Å². The van der Waals surface area contributed by atoms with E-state index in [-0.39, 0.29) is 0 Å². The zero-order valence-electron chi connectivity index (χ0n) is 14.9. The molecular weight excluding hydrogens is 263 g/mol. The minimum absolute atomic E-state index is 0.398. The van der Waals surface area contributed by atoms with Crippen molar-refractivity contribution in [2.45, 2.75) is 121 Å². The lowest BCUT2D eigenvalue weighted by molar-refractivity contribution is 0.690. The fourth-order valence-electron chi connectivity index (χ4n) is 6.55. The van der Waals surface area contributed by atoms with Gasteiger partial charge in [-0.05, 0) is 6.42 Å². The monoisotopic (exact) mass is 299 g/mol. The van der Waals surface area contributed by atoms with Crippen molar-refractivity contribution in [3.8, 4) is 11.7 Å². The van der Waals surface area contributed by atoms with Crippen LogP contribution in [0.15, 0.2) is 0 Å². The van der Waals surface area contributed by atoms with Gasteiger partial charge in [-0.2, -0.15) is 23.4 Å². The molecule has 0 amide bonds. The maximum atomic E-state index is 4.11. The highest BCUT2D eigenvalue weighted by atomic mass is 14.3. The first kappa shape index (κ1) is 16.5. The molecule has 3 rings (SSSR count). The Labute approximate surface area is 139 Å². The predicted octanol–water partition coefficient (Wildman–Crippen LogP) is 7.00. The van der Waals surface area contributed by atoms with Crippen molar-refractivity contribution < 1.29 is 0 Å². The maximum Gasteiger partial charge on any atom is 0.0796 e. The third-order valence-corrected chi connectivity index (χ3v) is 7.55. The van der Waals surface area contributed by atoms with Crippen molar-refractivity contribution in [1.29, 1.82) is 0 Å². The number of rotatable bonds is 5.